The molecular weight excluding hydrogens is 288 g/mol. The Hall–Kier alpha value is -2.01. The number of benzene rings is 2. The number of aromatic hydroxyl groups is 2. The largest absolute Gasteiger partial charge is 0.507 e. The molecule has 0 fully saturated rings. The minimum absolute atomic E-state index is 0.161. The summed E-state index contributed by atoms with van der Waals surface area (Å²) < 4.78 is 25.5. The maximum absolute atomic E-state index is 12.8. The highest BCUT2D eigenvalue weighted by Crippen LogP contribution is 2.37. The fraction of sp³-hybridized carbons (Fsp3) is 0.250. The number of hydrogen-bond donors (Lipinski definition) is 2. The molecule has 2 rings (SSSR count). The van der Waals surface area contributed by atoms with Gasteiger partial charge in [0.2, 0.25) is 9.84 Å². The summed E-state index contributed by atoms with van der Waals surface area (Å²) in [5.74, 6) is -0.570. The summed E-state index contributed by atoms with van der Waals surface area (Å²) in [5, 5.41) is 20.2. The Morgan fingerprint density at radius 2 is 1.52 bits per heavy atom. The van der Waals surface area contributed by atoms with Gasteiger partial charge in [-0.2, -0.15) is 0 Å². The molecule has 0 aliphatic rings. The van der Waals surface area contributed by atoms with Gasteiger partial charge >= 0.3 is 0 Å². The van der Waals surface area contributed by atoms with E-state index >= 15 is 0 Å². The van der Waals surface area contributed by atoms with Gasteiger partial charge in [0.1, 0.15) is 21.3 Å². The van der Waals surface area contributed by atoms with Gasteiger partial charge in [-0.15, -0.1) is 0 Å². The average Bonchev–Trinajstić information content (AvgIpc) is 2.33. The van der Waals surface area contributed by atoms with Crippen LogP contribution in [0.25, 0.3) is 0 Å². The van der Waals surface area contributed by atoms with Crippen molar-refractivity contribution in [2.75, 3.05) is 0 Å². The highest BCUT2D eigenvalue weighted by atomic mass is 32.2. The summed E-state index contributed by atoms with van der Waals surface area (Å²) in [6, 6.07) is 6.09. The van der Waals surface area contributed by atoms with Crippen LogP contribution in [0, 0.1) is 27.7 Å². The quantitative estimate of drug-likeness (QED) is 0.893. The smallest absolute Gasteiger partial charge is 0.214 e. The van der Waals surface area contributed by atoms with E-state index in [9.17, 15) is 18.6 Å². The predicted molar refractivity (Wildman–Crippen MR) is 80.6 cm³/mol. The van der Waals surface area contributed by atoms with E-state index in [0.29, 0.717) is 11.1 Å². The van der Waals surface area contributed by atoms with Crippen molar-refractivity contribution in [1.82, 2.24) is 0 Å². The van der Waals surface area contributed by atoms with Crippen LogP contribution in [0.15, 0.2) is 34.1 Å². The molecule has 0 amide bonds. The zero-order valence-electron chi connectivity index (χ0n) is 12.4. The number of phenolic OH excluding ortho intramolecular Hbond substituents is 2. The summed E-state index contributed by atoms with van der Waals surface area (Å²) in [6.07, 6.45) is 0. The third kappa shape index (κ3) is 2.49. The van der Waals surface area contributed by atoms with Crippen LogP contribution < -0.4 is 0 Å². The molecule has 0 spiro atoms. The maximum atomic E-state index is 12.8. The number of sulfone groups is 1. The number of aryl methyl sites for hydroxylation is 3. The normalized spacial score (nSPS) is 11.6. The standard InChI is InChI=1S/C16H18O4S/c1-9-7-11(3)16(13(17)8-9)21(19,20)14-6-5-10(2)12(4)15(14)18/h5-8,17-18H,1-4H3. The Kier molecular flexibility index (Phi) is 3.72. The maximum Gasteiger partial charge on any atom is 0.214 e. The molecular formula is C16H18O4S. The molecule has 4 nitrogen and oxygen atoms in total. The number of rotatable bonds is 2. The lowest BCUT2D eigenvalue weighted by atomic mass is 10.1. The fourth-order valence-corrected chi connectivity index (χ4v) is 4.08. The van der Waals surface area contributed by atoms with E-state index < -0.39 is 9.84 Å². The first-order valence-electron chi connectivity index (χ1n) is 6.50. The van der Waals surface area contributed by atoms with Gasteiger partial charge < -0.3 is 10.2 Å². The van der Waals surface area contributed by atoms with Crippen LogP contribution in [-0.2, 0) is 9.84 Å². The van der Waals surface area contributed by atoms with E-state index in [0.717, 1.165) is 11.1 Å². The van der Waals surface area contributed by atoms with Crippen molar-refractivity contribution < 1.29 is 18.6 Å². The topological polar surface area (TPSA) is 74.6 Å². The van der Waals surface area contributed by atoms with Crippen LogP contribution in [0.5, 0.6) is 11.5 Å². The second-order valence-electron chi connectivity index (χ2n) is 5.29. The highest BCUT2D eigenvalue weighted by Gasteiger charge is 2.27. The minimum Gasteiger partial charge on any atom is -0.507 e. The van der Waals surface area contributed by atoms with Gasteiger partial charge in [-0.25, -0.2) is 8.42 Å². The number of phenols is 2. The van der Waals surface area contributed by atoms with Crippen molar-refractivity contribution in [3.63, 3.8) is 0 Å². The van der Waals surface area contributed by atoms with Crippen LogP contribution in [0.1, 0.15) is 22.3 Å². The van der Waals surface area contributed by atoms with Crippen LogP contribution >= 0.6 is 0 Å². The fourth-order valence-electron chi connectivity index (χ4n) is 2.38. The van der Waals surface area contributed by atoms with Gasteiger partial charge in [0.15, 0.2) is 0 Å². The van der Waals surface area contributed by atoms with Gasteiger partial charge in [0, 0.05) is 0 Å². The van der Waals surface area contributed by atoms with E-state index in [2.05, 4.69) is 0 Å². The molecule has 5 heteroatoms. The summed E-state index contributed by atoms with van der Waals surface area (Å²) in [4.78, 5) is -0.348. The molecule has 2 aromatic rings. The molecule has 0 aliphatic heterocycles. The van der Waals surface area contributed by atoms with Gasteiger partial charge in [0.25, 0.3) is 0 Å². The van der Waals surface area contributed by atoms with Crippen LogP contribution in [0.3, 0.4) is 0 Å². The van der Waals surface area contributed by atoms with Gasteiger partial charge in [-0.05, 0) is 62.1 Å². The zero-order chi connectivity index (χ0) is 15.9. The van der Waals surface area contributed by atoms with Gasteiger partial charge in [-0.3, -0.25) is 0 Å². The zero-order valence-corrected chi connectivity index (χ0v) is 13.2. The predicted octanol–water partition coefficient (Wildman–Crippen LogP) is 3.16. The third-order valence-corrected chi connectivity index (χ3v) is 5.60. The lowest BCUT2D eigenvalue weighted by molar-refractivity contribution is 0.449. The van der Waals surface area contributed by atoms with Crippen LogP contribution in [0.4, 0.5) is 0 Å². The van der Waals surface area contributed by atoms with Crippen molar-refractivity contribution in [2.45, 2.75) is 37.5 Å². The summed E-state index contributed by atoms with van der Waals surface area (Å²) in [6.45, 7) is 6.85. The van der Waals surface area contributed by atoms with E-state index in [4.69, 9.17) is 0 Å². The second kappa shape index (κ2) is 5.07. The van der Waals surface area contributed by atoms with Crippen molar-refractivity contribution in [3.8, 4) is 11.5 Å². The molecule has 0 heterocycles. The molecule has 0 bridgehead atoms. The second-order valence-corrected chi connectivity index (χ2v) is 7.14. The van der Waals surface area contributed by atoms with Crippen LogP contribution in [0.2, 0.25) is 0 Å². The average molecular weight is 306 g/mol. The Balaban J connectivity index is 2.78. The Morgan fingerprint density at radius 1 is 0.905 bits per heavy atom. The van der Waals surface area contributed by atoms with Crippen LogP contribution in [-0.4, -0.2) is 18.6 Å². The molecule has 0 atom stereocenters. The molecule has 0 saturated heterocycles. The summed E-state index contributed by atoms with van der Waals surface area (Å²) >= 11 is 0. The molecule has 0 aliphatic carbocycles. The van der Waals surface area contributed by atoms with Crippen molar-refractivity contribution >= 4 is 9.84 Å². The van der Waals surface area contributed by atoms with Gasteiger partial charge in [0.05, 0.1) is 0 Å². The monoisotopic (exact) mass is 306 g/mol. The van der Waals surface area contributed by atoms with E-state index in [1.54, 1.807) is 39.8 Å². The van der Waals surface area contributed by atoms with Crippen molar-refractivity contribution in [1.29, 1.82) is 0 Å². The first kappa shape index (κ1) is 15.4. The highest BCUT2D eigenvalue weighted by molar-refractivity contribution is 7.91. The van der Waals surface area contributed by atoms with Crippen molar-refractivity contribution in [2.24, 2.45) is 0 Å². The third-order valence-electron chi connectivity index (χ3n) is 3.62. The molecule has 0 unspecified atom stereocenters. The van der Waals surface area contributed by atoms with E-state index in [1.165, 1.54) is 12.1 Å². The lowest BCUT2D eigenvalue weighted by Gasteiger charge is -2.14. The molecule has 0 aromatic heterocycles. The first-order chi connectivity index (χ1) is 9.66. The lowest BCUT2D eigenvalue weighted by Crippen LogP contribution is -2.06. The van der Waals surface area contributed by atoms with Crippen molar-refractivity contribution in [3.05, 3.63) is 46.5 Å². The molecule has 0 saturated carbocycles. The summed E-state index contributed by atoms with van der Waals surface area (Å²) in [7, 11) is -3.99. The summed E-state index contributed by atoms with van der Waals surface area (Å²) in [5.41, 5.74) is 2.54. The molecule has 21 heavy (non-hydrogen) atoms. The van der Waals surface area contributed by atoms with Gasteiger partial charge in [-0.1, -0.05) is 12.1 Å². The molecule has 2 aromatic carbocycles. The van der Waals surface area contributed by atoms with E-state index in [1.807, 2.05) is 0 Å². The van der Waals surface area contributed by atoms with E-state index in [-0.39, 0.29) is 21.3 Å². The molecule has 112 valence electrons. The first-order valence-corrected chi connectivity index (χ1v) is 7.99. The molecule has 0 radical (unpaired) electrons. The molecule has 2 N–H and O–H groups in total. The Bertz CT molecular complexity index is 797. The Labute approximate surface area is 124 Å². The SMILES string of the molecule is Cc1cc(C)c(S(=O)(=O)c2ccc(C)c(C)c2O)c(O)c1. The number of hydrogen-bond acceptors (Lipinski definition) is 4. The minimum atomic E-state index is -3.99. The Morgan fingerprint density at radius 3 is 2.10 bits per heavy atom.